The minimum atomic E-state index is 0.0573. The van der Waals surface area contributed by atoms with Gasteiger partial charge in [-0.2, -0.15) is 0 Å². The number of hydrogen-bond donors (Lipinski definition) is 1. The van der Waals surface area contributed by atoms with Crippen LogP contribution in [0.1, 0.15) is 19.8 Å². The van der Waals surface area contributed by atoms with E-state index in [1.54, 1.807) is 26.0 Å². The molecule has 0 spiro atoms. The molecule has 2 unspecified atom stereocenters. The summed E-state index contributed by atoms with van der Waals surface area (Å²) in [5, 5.41) is 4.49. The number of nitrogens with zero attached hydrogens (tertiary/aromatic N) is 1. The zero-order valence-corrected chi connectivity index (χ0v) is 11.2. The predicted octanol–water partition coefficient (Wildman–Crippen LogP) is 1.51. The van der Waals surface area contributed by atoms with Crippen LogP contribution in [-0.4, -0.2) is 50.4 Å². The highest BCUT2D eigenvalue weighted by Gasteiger charge is 2.16. The van der Waals surface area contributed by atoms with Crippen molar-refractivity contribution >= 4 is 16.9 Å². The van der Waals surface area contributed by atoms with Crippen molar-refractivity contribution in [1.29, 1.82) is 0 Å². The summed E-state index contributed by atoms with van der Waals surface area (Å²) in [6.07, 6.45) is 2.44. The van der Waals surface area contributed by atoms with Gasteiger partial charge in [-0.1, -0.05) is 18.7 Å². The first kappa shape index (κ1) is 13.8. The van der Waals surface area contributed by atoms with Gasteiger partial charge in [-0.3, -0.25) is 4.99 Å². The van der Waals surface area contributed by atoms with Crippen LogP contribution in [0.4, 0.5) is 0 Å². The van der Waals surface area contributed by atoms with E-state index in [2.05, 4.69) is 17.2 Å². The van der Waals surface area contributed by atoms with Crippen LogP contribution >= 0.6 is 11.8 Å². The van der Waals surface area contributed by atoms with Gasteiger partial charge < -0.3 is 14.8 Å². The van der Waals surface area contributed by atoms with Crippen molar-refractivity contribution in [2.45, 2.75) is 31.9 Å². The van der Waals surface area contributed by atoms with Gasteiger partial charge in [-0.05, 0) is 12.8 Å². The maximum absolute atomic E-state index is 5.27. The molecule has 16 heavy (non-hydrogen) atoms. The van der Waals surface area contributed by atoms with E-state index in [-0.39, 0.29) is 6.10 Å². The molecule has 0 aromatic rings. The molecule has 1 aliphatic rings. The third kappa shape index (κ3) is 4.72. The lowest BCUT2D eigenvalue weighted by Gasteiger charge is -2.24. The average Bonchev–Trinajstić information content (AvgIpc) is 2.34. The number of rotatable bonds is 6. The van der Waals surface area contributed by atoms with E-state index in [9.17, 15) is 0 Å². The standard InChI is InChI=1S/C11H22N2O2S/c1-4-9-5-6-16-11(13-9)12-7-10(15-3)8-14-2/h9-10H,4-8H2,1-3H3,(H,12,13). The summed E-state index contributed by atoms with van der Waals surface area (Å²) in [4.78, 5) is 4.53. The van der Waals surface area contributed by atoms with Crippen molar-refractivity contribution in [2.24, 2.45) is 4.99 Å². The van der Waals surface area contributed by atoms with Gasteiger partial charge in [0.2, 0.25) is 0 Å². The monoisotopic (exact) mass is 246 g/mol. The molecule has 1 heterocycles. The van der Waals surface area contributed by atoms with Crippen LogP contribution in [0, 0.1) is 0 Å². The van der Waals surface area contributed by atoms with Crippen LogP contribution < -0.4 is 5.32 Å². The van der Waals surface area contributed by atoms with Gasteiger partial charge in [0.1, 0.15) is 0 Å². The molecule has 0 radical (unpaired) electrons. The Morgan fingerprint density at radius 3 is 3.00 bits per heavy atom. The molecule has 2 atom stereocenters. The normalized spacial score (nSPS) is 25.4. The van der Waals surface area contributed by atoms with Crippen LogP contribution in [0.15, 0.2) is 4.99 Å². The second-order valence-corrected chi connectivity index (χ2v) is 4.93. The molecular formula is C11H22N2O2S. The number of hydrogen-bond acceptors (Lipinski definition) is 4. The molecule has 0 aromatic carbocycles. The lowest BCUT2D eigenvalue weighted by atomic mass is 10.2. The Kier molecular flexibility index (Phi) is 6.84. The lowest BCUT2D eigenvalue weighted by Crippen LogP contribution is -2.38. The fraction of sp³-hybridized carbons (Fsp3) is 0.909. The molecule has 5 heteroatoms. The molecule has 1 aliphatic heterocycles. The average molecular weight is 246 g/mol. The van der Waals surface area contributed by atoms with Gasteiger partial charge in [0.15, 0.2) is 5.17 Å². The molecule has 1 saturated heterocycles. The van der Waals surface area contributed by atoms with Gasteiger partial charge in [-0.15, -0.1) is 0 Å². The highest BCUT2D eigenvalue weighted by molar-refractivity contribution is 8.13. The van der Waals surface area contributed by atoms with Crippen molar-refractivity contribution in [2.75, 3.05) is 33.1 Å². The summed E-state index contributed by atoms with van der Waals surface area (Å²) in [5.74, 6) is 1.16. The van der Waals surface area contributed by atoms with Gasteiger partial charge >= 0.3 is 0 Å². The Hall–Kier alpha value is -0.260. The van der Waals surface area contributed by atoms with Gasteiger partial charge in [0.25, 0.3) is 0 Å². The summed E-state index contributed by atoms with van der Waals surface area (Å²) in [6.45, 7) is 3.46. The Morgan fingerprint density at radius 1 is 1.56 bits per heavy atom. The Morgan fingerprint density at radius 2 is 2.38 bits per heavy atom. The molecule has 4 nitrogen and oxygen atoms in total. The number of nitrogens with one attached hydrogen (secondary N) is 1. The molecule has 0 bridgehead atoms. The molecule has 0 saturated carbocycles. The lowest BCUT2D eigenvalue weighted by molar-refractivity contribution is 0.0344. The van der Waals surface area contributed by atoms with Gasteiger partial charge in [0.05, 0.1) is 19.3 Å². The Labute approximate surface area is 102 Å². The van der Waals surface area contributed by atoms with Crippen LogP contribution in [0.2, 0.25) is 0 Å². The minimum Gasteiger partial charge on any atom is -0.382 e. The molecule has 0 aliphatic carbocycles. The molecule has 0 aromatic heterocycles. The van der Waals surface area contributed by atoms with E-state index in [1.165, 1.54) is 6.42 Å². The van der Waals surface area contributed by atoms with E-state index in [0.29, 0.717) is 19.2 Å². The van der Waals surface area contributed by atoms with E-state index in [4.69, 9.17) is 9.47 Å². The van der Waals surface area contributed by atoms with Crippen LogP contribution in [-0.2, 0) is 9.47 Å². The molecular weight excluding hydrogens is 224 g/mol. The van der Waals surface area contributed by atoms with Gasteiger partial charge in [0, 0.05) is 26.0 Å². The van der Waals surface area contributed by atoms with Gasteiger partial charge in [-0.25, -0.2) is 0 Å². The molecule has 1 N–H and O–H groups in total. The summed E-state index contributed by atoms with van der Waals surface area (Å²) in [6, 6.07) is 0.587. The second-order valence-electron chi connectivity index (χ2n) is 3.85. The van der Waals surface area contributed by atoms with Crippen molar-refractivity contribution in [3.8, 4) is 0 Å². The van der Waals surface area contributed by atoms with E-state index >= 15 is 0 Å². The first-order chi connectivity index (χ1) is 7.80. The molecule has 1 rings (SSSR count). The summed E-state index contributed by atoms with van der Waals surface area (Å²) < 4.78 is 10.3. The maximum Gasteiger partial charge on any atom is 0.156 e. The molecule has 94 valence electrons. The smallest absolute Gasteiger partial charge is 0.156 e. The highest BCUT2D eigenvalue weighted by atomic mass is 32.2. The SMILES string of the molecule is CCC1CCSC(=NCC(COC)OC)N1. The number of aliphatic imine (C=N–C) groups is 1. The number of amidine groups is 1. The largest absolute Gasteiger partial charge is 0.382 e. The summed E-state index contributed by atoms with van der Waals surface area (Å²) >= 11 is 1.80. The van der Waals surface area contributed by atoms with E-state index in [0.717, 1.165) is 17.3 Å². The highest BCUT2D eigenvalue weighted by Crippen LogP contribution is 2.15. The maximum atomic E-state index is 5.27. The number of methoxy groups -OCH3 is 2. The van der Waals surface area contributed by atoms with E-state index < -0.39 is 0 Å². The topological polar surface area (TPSA) is 42.9 Å². The summed E-state index contributed by atoms with van der Waals surface area (Å²) in [7, 11) is 3.38. The van der Waals surface area contributed by atoms with Crippen molar-refractivity contribution in [3.05, 3.63) is 0 Å². The quantitative estimate of drug-likeness (QED) is 0.771. The Bertz CT molecular complexity index is 224. The minimum absolute atomic E-state index is 0.0573. The van der Waals surface area contributed by atoms with Crippen molar-refractivity contribution in [3.63, 3.8) is 0 Å². The van der Waals surface area contributed by atoms with Crippen molar-refractivity contribution in [1.82, 2.24) is 5.32 Å². The second kappa shape index (κ2) is 7.92. The first-order valence-corrected chi connectivity index (χ1v) is 6.74. The predicted molar refractivity (Wildman–Crippen MR) is 69.3 cm³/mol. The summed E-state index contributed by atoms with van der Waals surface area (Å²) in [5.41, 5.74) is 0. The fourth-order valence-corrected chi connectivity index (χ4v) is 2.56. The Balaban J connectivity index is 2.36. The van der Waals surface area contributed by atoms with Crippen LogP contribution in [0.25, 0.3) is 0 Å². The third-order valence-electron chi connectivity index (χ3n) is 2.65. The zero-order valence-electron chi connectivity index (χ0n) is 10.4. The zero-order chi connectivity index (χ0) is 11.8. The van der Waals surface area contributed by atoms with Crippen molar-refractivity contribution < 1.29 is 9.47 Å². The van der Waals surface area contributed by atoms with Crippen LogP contribution in [0.3, 0.4) is 0 Å². The van der Waals surface area contributed by atoms with Crippen LogP contribution in [0.5, 0.6) is 0 Å². The fourth-order valence-electron chi connectivity index (χ4n) is 1.55. The number of ether oxygens (including phenoxy) is 2. The molecule has 0 amide bonds. The first-order valence-electron chi connectivity index (χ1n) is 5.75. The number of thioether (sulfide) groups is 1. The third-order valence-corrected chi connectivity index (χ3v) is 3.61. The molecule has 1 fully saturated rings. The van der Waals surface area contributed by atoms with E-state index in [1.807, 2.05) is 0 Å².